The molecule has 2 fully saturated rings. The summed E-state index contributed by atoms with van der Waals surface area (Å²) in [5.74, 6) is -2.65. The van der Waals surface area contributed by atoms with Gasteiger partial charge in [-0.25, -0.2) is 29.3 Å². The van der Waals surface area contributed by atoms with Crippen molar-refractivity contribution in [2.75, 3.05) is 156 Å². The lowest BCUT2D eigenvalue weighted by atomic mass is 9.97. The third-order valence-electron chi connectivity index (χ3n) is 15.5. The number of carbonyl (C=O) groups is 1. The molecule has 0 aromatic carbocycles. The first-order chi connectivity index (χ1) is 48.8. The molecule has 2 rings (SSSR count). The minimum atomic E-state index is -6.14. The first-order valence-corrected chi connectivity index (χ1v) is 45.5. The molecular formula is C57H132N8O33S8. The van der Waals surface area contributed by atoms with Gasteiger partial charge in [0.15, 0.2) is 12.4 Å². The SMILES string of the molecule is CCN(CC)CC.CCN(CC)CC.CCN(CC)CC.CCN(CC)CC.CCN(CC)CC.CCN(CC)CC.CCN(CC)CC.N[C@@H](CS[C@@H]1O[C@H](COS(=O)(=O)O)[C@@H](O[C@H]2O[C@H](COS(=O)(=O)O)[C@@H](OS(=O)(=O)O)[C@H](OS(=O)(=O)O)[C@H]2OS(=O)(=O)O)[C@H](OS(=O)(=O)O)[C@H]1OS(=O)(=O)O)C(=O)O. The van der Waals surface area contributed by atoms with Crippen LogP contribution in [0.25, 0.3) is 0 Å². The fourth-order valence-electron chi connectivity index (χ4n) is 9.10. The van der Waals surface area contributed by atoms with E-state index in [-0.39, 0.29) is 11.8 Å². The van der Waals surface area contributed by atoms with Gasteiger partial charge in [-0.05, 0) is 137 Å². The largest absolute Gasteiger partial charge is 0.480 e. The molecule has 2 heterocycles. The van der Waals surface area contributed by atoms with Gasteiger partial charge in [0.05, 0.1) is 13.2 Å². The number of carboxylic acid groups (broad SMARTS) is 1. The second kappa shape index (κ2) is 61.9. The summed E-state index contributed by atoms with van der Waals surface area (Å²) < 4.78 is 275. The maximum Gasteiger partial charge on any atom is 0.397 e. The van der Waals surface area contributed by atoms with Gasteiger partial charge in [-0.1, -0.05) is 145 Å². The molecule has 0 amide bonds. The molecule has 0 aromatic heterocycles. The number of nitrogens with two attached hydrogens (primary N) is 1. The van der Waals surface area contributed by atoms with E-state index in [1.165, 1.54) is 137 Å². The molecule has 646 valence electrons. The highest BCUT2D eigenvalue weighted by molar-refractivity contribution is 7.99. The van der Waals surface area contributed by atoms with Crippen LogP contribution in [0.4, 0.5) is 0 Å². The molecule has 11 atom stereocenters. The maximum atomic E-state index is 12.0. The van der Waals surface area contributed by atoms with Crippen molar-refractivity contribution in [3.8, 4) is 0 Å². The van der Waals surface area contributed by atoms with Crippen molar-refractivity contribution >= 4 is 90.5 Å². The lowest BCUT2D eigenvalue weighted by Gasteiger charge is -2.48. The number of hydrogen-bond donors (Lipinski definition) is 9. The van der Waals surface area contributed by atoms with Gasteiger partial charge >= 0.3 is 78.8 Å². The monoisotopic (exact) mass is 1710 g/mol. The number of hydrogen-bond acceptors (Lipinski definition) is 34. The van der Waals surface area contributed by atoms with E-state index in [1.807, 2.05) is 0 Å². The Kier molecular flexibility index (Phi) is 67.4. The van der Waals surface area contributed by atoms with E-state index in [9.17, 15) is 86.5 Å². The summed E-state index contributed by atoms with van der Waals surface area (Å²) in [6, 6.07) is -1.90. The van der Waals surface area contributed by atoms with Crippen LogP contribution in [-0.4, -0.2) is 359 Å². The van der Waals surface area contributed by atoms with Crippen molar-refractivity contribution in [1.82, 2.24) is 34.3 Å². The number of nitrogens with zero attached hydrogens (tertiary/aromatic N) is 7. The van der Waals surface area contributed by atoms with E-state index in [1.54, 1.807) is 0 Å². The molecule has 0 aliphatic carbocycles. The van der Waals surface area contributed by atoms with E-state index in [2.05, 4.69) is 209 Å². The molecule has 2 aliphatic heterocycles. The summed E-state index contributed by atoms with van der Waals surface area (Å²) >= 11 is 0.0425. The van der Waals surface area contributed by atoms with Gasteiger partial charge in [0.1, 0.15) is 54.2 Å². The Hall–Kier alpha value is -1.53. The Labute approximate surface area is 639 Å². The number of aliphatic carboxylic acids is 1. The second-order valence-corrected chi connectivity index (χ2v) is 30.2. The molecule has 10 N–H and O–H groups in total. The van der Waals surface area contributed by atoms with E-state index in [0.717, 1.165) is 0 Å². The molecule has 0 spiro atoms. The molecule has 41 nitrogen and oxygen atoms in total. The van der Waals surface area contributed by atoms with Crippen LogP contribution >= 0.6 is 11.8 Å². The zero-order chi connectivity index (χ0) is 84.2. The number of thioether (sulfide) groups is 1. The predicted octanol–water partition coefficient (Wildman–Crippen LogP) is 2.98. The topological polar surface area (TPSA) is 559 Å². The van der Waals surface area contributed by atoms with Crippen LogP contribution in [0.1, 0.15) is 145 Å². The highest BCUT2D eigenvalue weighted by Crippen LogP contribution is 2.39. The van der Waals surface area contributed by atoms with Crippen molar-refractivity contribution < 1.29 is 144 Å². The Morgan fingerprint density at radius 1 is 0.330 bits per heavy atom. The molecule has 106 heavy (non-hydrogen) atoms. The Morgan fingerprint density at radius 2 is 0.538 bits per heavy atom. The van der Waals surface area contributed by atoms with Crippen molar-refractivity contribution in [1.29, 1.82) is 0 Å². The zero-order valence-corrected chi connectivity index (χ0v) is 72.1. The third kappa shape index (κ3) is 62.0. The van der Waals surface area contributed by atoms with Crippen LogP contribution in [0.5, 0.6) is 0 Å². The summed E-state index contributed by atoms with van der Waals surface area (Å²) in [6.45, 7) is 67.3. The quantitative estimate of drug-likeness (QED) is 0.0396. The van der Waals surface area contributed by atoms with Gasteiger partial charge in [-0.15, -0.1) is 11.8 Å². The summed E-state index contributed by atoms with van der Waals surface area (Å²) in [6.07, 6.45) is -27.2. The molecule has 0 aromatic rings. The molecule has 0 unspecified atom stereocenters. The number of carboxylic acids is 1. The van der Waals surface area contributed by atoms with E-state index in [0.29, 0.717) is 0 Å². The normalized spacial score (nSPS) is 21.1. The second-order valence-electron chi connectivity index (χ2n) is 21.7. The van der Waals surface area contributed by atoms with E-state index >= 15 is 0 Å². The Bertz CT molecular complexity index is 2850. The Balaban J connectivity index is -0.000000402. The zero-order valence-electron chi connectivity index (χ0n) is 65.6. The highest BCUT2D eigenvalue weighted by Gasteiger charge is 2.59. The highest BCUT2D eigenvalue weighted by atomic mass is 32.3. The lowest BCUT2D eigenvalue weighted by Crippen LogP contribution is -2.67. The Morgan fingerprint density at radius 3 is 0.745 bits per heavy atom. The van der Waals surface area contributed by atoms with Crippen LogP contribution < -0.4 is 5.73 Å². The lowest BCUT2D eigenvalue weighted by molar-refractivity contribution is -0.325. The summed E-state index contributed by atoms with van der Waals surface area (Å²) in [5, 5.41) is 9.12. The summed E-state index contributed by atoms with van der Waals surface area (Å²) in [4.78, 5) is 27.9. The average molecular weight is 1710 g/mol. The standard InChI is InChI=1S/C15H27NO33S8.7C6H15N/c16-4(13(17)18)3-50-15-12(49-57(37,38)39)9(46-54(28,29)30)7(5(43-15)1-40-51(19,20)21)44-14-11(48-56(34,35)36)10(47-55(31,32)33)8(45-53(25,26)27)6(42-14)2-41-52(22,23)24;7*1-4-7(5-2)6-3/h4-12,14-15H,1-3,16H2,(H,17,18)(H,19,20,21)(H,22,23,24)(H,25,26,27)(H,28,29,30)(H,31,32,33)(H,34,35,36)(H,37,38,39);7*4-6H2,1-3H3/t4-,5+,6+,7+,8+,9-,10-,11+,12+,14+,15-;;;;;;;/m0......./s1. The molecular weight excluding hydrogens is 1580 g/mol. The summed E-state index contributed by atoms with van der Waals surface area (Å²) in [7, 11) is -41.6. The minimum absolute atomic E-state index is 0.0425. The van der Waals surface area contributed by atoms with Crippen LogP contribution in [0, 0.1) is 0 Å². The van der Waals surface area contributed by atoms with Crippen molar-refractivity contribution in [2.45, 2.75) is 212 Å². The molecule has 0 bridgehead atoms. The molecule has 2 saturated heterocycles. The number of ether oxygens (including phenoxy) is 3. The first-order valence-electron chi connectivity index (χ1n) is 34.9. The van der Waals surface area contributed by atoms with Crippen LogP contribution in [0.3, 0.4) is 0 Å². The van der Waals surface area contributed by atoms with Crippen molar-refractivity contribution in [3.05, 3.63) is 0 Å². The molecule has 0 saturated carbocycles. The van der Waals surface area contributed by atoms with Gasteiger partial charge in [0, 0.05) is 5.75 Å². The van der Waals surface area contributed by atoms with E-state index in [4.69, 9.17) is 34.2 Å². The summed E-state index contributed by atoms with van der Waals surface area (Å²) in [5.41, 5.74) is 3.04. The van der Waals surface area contributed by atoms with Crippen LogP contribution in [-0.2, 0) is 121 Å². The van der Waals surface area contributed by atoms with Crippen LogP contribution in [0.2, 0.25) is 0 Å². The van der Waals surface area contributed by atoms with Gasteiger partial charge < -0.3 is 59.4 Å². The maximum absolute atomic E-state index is 12.0. The van der Waals surface area contributed by atoms with Crippen molar-refractivity contribution in [3.63, 3.8) is 0 Å². The molecule has 0 radical (unpaired) electrons. The van der Waals surface area contributed by atoms with Crippen molar-refractivity contribution in [2.24, 2.45) is 5.73 Å². The van der Waals surface area contributed by atoms with Crippen LogP contribution in [0.15, 0.2) is 0 Å². The van der Waals surface area contributed by atoms with Gasteiger partial charge in [-0.3, -0.25) is 36.7 Å². The smallest absolute Gasteiger partial charge is 0.397 e. The van der Waals surface area contributed by atoms with Gasteiger partial charge in [-0.2, -0.15) is 58.9 Å². The molecule has 2 aliphatic rings. The fraction of sp³-hybridized carbons (Fsp3) is 0.982. The van der Waals surface area contributed by atoms with E-state index < -0.39 is 164 Å². The minimum Gasteiger partial charge on any atom is -0.480 e. The average Bonchev–Trinajstić information content (AvgIpc) is 0.760. The number of rotatable bonds is 43. The first kappa shape index (κ1) is 115. The fourth-order valence-corrected chi connectivity index (χ4v) is 13.4. The van der Waals surface area contributed by atoms with Gasteiger partial charge in [0.2, 0.25) is 0 Å². The van der Waals surface area contributed by atoms with Gasteiger partial charge in [0.25, 0.3) is 0 Å². The molecule has 49 heteroatoms. The third-order valence-corrected chi connectivity index (χ3v) is 20.0. The predicted molar refractivity (Wildman–Crippen MR) is 402 cm³/mol.